The van der Waals surface area contributed by atoms with Gasteiger partial charge >= 0.3 is 0 Å². The van der Waals surface area contributed by atoms with Crippen molar-refractivity contribution in [3.8, 4) is 44.5 Å². The lowest BCUT2D eigenvalue weighted by molar-refractivity contribution is 0.669. The fourth-order valence-electron chi connectivity index (χ4n) is 7.61. The molecule has 0 atom stereocenters. The van der Waals surface area contributed by atoms with Gasteiger partial charge in [-0.1, -0.05) is 158 Å². The van der Waals surface area contributed by atoms with Crippen LogP contribution in [0, 0.1) is 0 Å². The Labute approximate surface area is 288 Å². The van der Waals surface area contributed by atoms with Gasteiger partial charge in [-0.05, 0) is 101 Å². The number of fused-ring (bicyclic) bond motifs is 7. The number of hydrogen-bond donors (Lipinski definition) is 0. The molecule has 0 aliphatic carbocycles. The molecule has 0 unspecified atom stereocenters. The van der Waals surface area contributed by atoms with E-state index in [1.807, 2.05) is 60.7 Å². The van der Waals surface area contributed by atoms with E-state index in [1.165, 1.54) is 5.56 Å². The molecule has 10 aromatic rings. The van der Waals surface area contributed by atoms with E-state index < -0.39 is 0 Å². The Morgan fingerprint density at radius 3 is 1.71 bits per heavy atom. The van der Waals surface area contributed by atoms with Crippen molar-refractivity contribution in [3.63, 3.8) is 0 Å². The van der Waals surface area contributed by atoms with Gasteiger partial charge in [-0.15, -0.1) is 0 Å². The van der Waals surface area contributed by atoms with Crippen LogP contribution < -0.4 is 0 Å². The second-order valence-corrected chi connectivity index (χ2v) is 12.5. The number of rotatable bonds is 4. The van der Waals surface area contributed by atoms with Crippen LogP contribution >= 0.6 is 0 Å². The summed E-state index contributed by atoms with van der Waals surface area (Å²) in [7, 11) is 0. The van der Waals surface area contributed by atoms with E-state index in [4.69, 9.17) is 4.42 Å². The van der Waals surface area contributed by atoms with Crippen LogP contribution in [0.3, 0.4) is 0 Å². The molecule has 228 valence electrons. The number of benzene rings is 9. The third-order valence-corrected chi connectivity index (χ3v) is 9.79. The second-order valence-electron chi connectivity index (χ2n) is 12.5. The Morgan fingerprint density at radius 2 is 0.959 bits per heavy atom. The van der Waals surface area contributed by atoms with E-state index in [9.17, 15) is 4.11 Å². The van der Waals surface area contributed by atoms with Gasteiger partial charge in [0.1, 0.15) is 11.2 Å². The topological polar surface area (TPSA) is 13.1 Å². The predicted octanol–water partition coefficient (Wildman–Crippen LogP) is 13.7. The van der Waals surface area contributed by atoms with Crippen molar-refractivity contribution in [1.82, 2.24) is 0 Å². The van der Waals surface area contributed by atoms with Gasteiger partial charge in [-0.3, -0.25) is 0 Å². The van der Waals surface area contributed by atoms with Crippen molar-refractivity contribution in [2.45, 2.75) is 0 Å². The lowest BCUT2D eigenvalue weighted by Gasteiger charge is -2.20. The zero-order chi connectivity index (χ0) is 34.9. The Bertz CT molecular complexity index is 2990. The minimum absolute atomic E-state index is 0.0172. The first kappa shape index (κ1) is 24.7. The fraction of sp³-hybridized carbons (Fsp3) is 0. The highest BCUT2D eigenvalue weighted by Crippen LogP contribution is 2.47. The molecular weight excluding hydrogens is 593 g/mol. The molecule has 1 heterocycles. The van der Waals surface area contributed by atoms with Crippen LogP contribution in [-0.2, 0) is 0 Å². The Hall–Kier alpha value is -6.44. The van der Waals surface area contributed by atoms with Gasteiger partial charge in [0.25, 0.3) is 0 Å². The predicted molar refractivity (Wildman–Crippen MR) is 208 cm³/mol. The molecule has 0 saturated carbocycles. The summed E-state index contributed by atoms with van der Waals surface area (Å²) in [6.45, 7) is 0. The maximum atomic E-state index is 9.58. The molecule has 10 rings (SSSR count). The van der Waals surface area contributed by atoms with Crippen LogP contribution in [0.25, 0.3) is 98.8 Å². The summed E-state index contributed by atoms with van der Waals surface area (Å²) in [5.41, 5.74) is 8.64. The summed E-state index contributed by atoms with van der Waals surface area (Å²) in [5, 5.41) is 7.67. The first-order valence-electron chi connectivity index (χ1n) is 18.1. The van der Waals surface area contributed by atoms with Crippen LogP contribution in [-0.4, -0.2) is 0 Å². The molecule has 49 heavy (non-hydrogen) atoms. The quantitative estimate of drug-likeness (QED) is 0.177. The molecule has 0 saturated heterocycles. The molecule has 0 aliphatic heterocycles. The summed E-state index contributed by atoms with van der Waals surface area (Å²) in [6.07, 6.45) is 0. The Morgan fingerprint density at radius 1 is 0.367 bits per heavy atom. The summed E-state index contributed by atoms with van der Waals surface area (Å²) >= 11 is 0. The molecule has 0 N–H and O–H groups in total. The standard InChI is InChI=1S/C48H30O/c1-2-13-31(14-3-1)33-16-12-17-35(29-33)46-39-21-8-10-23-41(39)47(42-24-11-9-22-40(42)46)38-20-7-6-18-36(38)34-25-27-43-45(30-34)49-44-28-26-32-15-4-5-19-37(32)48(43)44/h1-30H/i25D,27D,30D. The third kappa shape index (κ3) is 4.40. The average Bonchev–Trinajstić information content (AvgIpc) is 3.61. The third-order valence-electron chi connectivity index (χ3n) is 9.79. The summed E-state index contributed by atoms with van der Waals surface area (Å²) in [4.78, 5) is 0. The summed E-state index contributed by atoms with van der Waals surface area (Å²) < 4.78 is 34.8. The molecule has 1 aromatic heterocycles. The van der Waals surface area contributed by atoms with Crippen molar-refractivity contribution >= 4 is 54.3 Å². The maximum absolute atomic E-state index is 9.58. The van der Waals surface area contributed by atoms with Gasteiger partial charge in [-0.2, -0.15) is 0 Å². The maximum Gasteiger partial charge on any atom is 0.136 e. The van der Waals surface area contributed by atoms with Crippen molar-refractivity contribution in [3.05, 3.63) is 182 Å². The smallest absolute Gasteiger partial charge is 0.136 e. The van der Waals surface area contributed by atoms with E-state index in [0.29, 0.717) is 22.1 Å². The molecule has 0 amide bonds. The summed E-state index contributed by atoms with van der Waals surface area (Å²) in [6, 6.07) is 56.4. The molecule has 1 heteroatoms. The molecule has 1 nitrogen and oxygen atoms in total. The molecule has 0 radical (unpaired) electrons. The lowest BCUT2D eigenvalue weighted by atomic mass is 9.83. The highest BCUT2D eigenvalue weighted by atomic mass is 16.3. The number of furan rings is 1. The normalized spacial score (nSPS) is 12.5. The molecule has 9 aromatic carbocycles. The van der Waals surface area contributed by atoms with Crippen LogP contribution in [0.1, 0.15) is 4.11 Å². The monoisotopic (exact) mass is 625 g/mol. The van der Waals surface area contributed by atoms with Crippen LogP contribution in [0.5, 0.6) is 0 Å². The van der Waals surface area contributed by atoms with E-state index in [1.54, 1.807) is 0 Å². The second kappa shape index (κ2) is 11.1. The zero-order valence-electron chi connectivity index (χ0n) is 29.5. The van der Waals surface area contributed by atoms with Gasteiger partial charge in [0.05, 0.1) is 4.11 Å². The first-order chi connectivity index (χ1) is 25.6. The van der Waals surface area contributed by atoms with Gasteiger partial charge < -0.3 is 4.42 Å². The van der Waals surface area contributed by atoms with E-state index in [-0.39, 0.29) is 18.1 Å². The molecule has 0 fully saturated rings. The molecular formula is C48H30O. The van der Waals surface area contributed by atoms with Crippen LogP contribution in [0.15, 0.2) is 186 Å². The molecule has 0 aliphatic rings. The zero-order valence-corrected chi connectivity index (χ0v) is 26.5. The highest BCUT2D eigenvalue weighted by molar-refractivity contribution is 6.23. The van der Waals surface area contributed by atoms with Crippen molar-refractivity contribution < 1.29 is 8.53 Å². The van der Waals surface area contributed by atoms with Gasteiger partial charge in [0.15, 0.2) is 0 Å². The fourth-order valence-corrected chi connectivity index (χ4v) is 7.61. The lowest BCUT2D eigenvalue weighted by Crippen LogP contribution is -1.93. The average molecular weight is 626 g/mol. The van der Waals surface area contributed by atoms with Crippen molar-refractivity contribution in [1.29, 1.82) is 0 Å². The van der Waals surface area contributed by atoms with Gasteiger partial charge in [0.2, 0.25) is 0 Å². The van der Waals surface area contributed by atoms with Crippen LogP contribution in [0.4, 0.5) is 0 Å². The first-order valence-corrected chi connectivity index (χ1v) is 16.6. The van der Waals surface area contributed by atoms with Crippen LogP contribution in [0.2, 0.25) is 0 Å². The SMILES string of the molecule is [2H]c1c(-c2ccccc2-c2c3ccccc3c(-c3cccc(-c4ccccc4)c3)c3ccccc23)c([2H])c2oc3ccc4ccccc4c3c2c1[2H]. The van der Waals surface area contributed by atoms with E-state index in [0.717, 1.165) is 71.1 Å². The van der Waals surface area contributed by atoms with Crippen molar-refractivity contribution in [2.24, 2.45) is 0 Å². The minimum atomic E-state index is 0.0172. The van der Waals surface area contributed by atoms with Gasteiger partial charge in [-0.25, -0.2) is 0 Å². The van der Waals surface area contributed by atoms with Crippen molar-refractivity contribution in [2.75, 3.05) is 0 Å². The minimum Gasteiger partial charge on any atom is -0.456 e. The Kier molecular flexibility index (Phi) is 5.58. The van der Waals surface area contributed by atoms with E-state index >= 15 is 0 Å². The van der Waals surface area contributed by atoms with E-state index in [2.05, 4.69) is 103 Å². The highest BCUT2D eigenvalue weighted by Gasteiger charge is 2.20. The largest absolute Gasteiger partial charge is 0.456 e. The van der Waals surface area contributed by atoms with Gasteiger partial charge in [0, 0.05) is 10.8 Å². The molecule has 0 bridgehead atoms. The number of hydrogen-bond acceptors (Lipinski definition) is 1. The summed E-state index contributed by atoms with van der Waals surface area (Å²) in [5.74, 6) is 0. The Balaban J connectivity index is 1.26. The molecule has 0 spiro atoms.